The first-order valence-corrected chi connectivity index (χ1v) is 10.7. The normalized spacial score (nSPS) is 16.7. The van der Waals surface area contributed by atoms with Crippen LogP contribution < -0.4 is 14.2 Å². The molecule has 3 aromatic rings. The summed E-state index contributed by atoms with van der Waals surface area (Å²) in [6.07, 6.45) is -1.61. The number of benzene rings is 2. The number of alkyl halides is 3. The lowest BCUT2D eigenvalue weighted by molar-refractivity contribution is -0.138. The molecule has 2 aromatic carbocycles. The number of halogens is 3. The van der Waals surface area contributed by atoms with Gasteiger partial charge in [0.25, 0.3) is 0 Å². The van der Waals surface area contributed by atoms with Crippen LogP contribution in [-0.2, 0) is 19.3 Å². The van der Waals surface area contributed by atoms with E-state index in [2.05, 4.69) is 9.47 Å². The third kappa shape index (κ3) is 4.39. The highest BCUT2D eigenvalue weighted by Crippen LogP contribution is 2.46. The summed E-state index contributed by atoms with van der Waals surface area (Å²) in [5, 5.41) is 0. The van der Waals surface area contributed by atoms with Crippen LogP contribution >= 0.6 is 0 Å². The highest BCUT2D eigenvalue weighted by atomic mass is 19.4. The van der Waals surface area contributed by atoms with Gasteiger partial charge in [0, 0.05) is 37.1 Å². The molecule has 2 heterocycles. The largest absolute Gasteiger partial charge is 0.493 e. The molecule has 5 nitrogen and oxygen atoms in total. The molecule has 1 atom stereocenters. The van der Waals surface area contributed by atoms with Crippen LogP contribution in [0.3, 0.4) is 0 Å². The number of fused-ring (bicyclic) bond motifs is 1. The summed E-state index contributed by atoms with van der Waals surface area (Å²) in [7, 11) is 4.64. The van der Waals surface area contributed by atoms with Crippen LogP contribution in [-0.4, -0.2) is 37.3 Å². The Morgan fingerprint density at radius 3 is 2.33 bits per heavy atom. The topological polar surface area (TPSA) is 35.9 Å². The second-order valence-electron chi connectivity index (χ2n) is 7.93. The fraction of sp³-hybridized carbons (Fsp3) is 0.360. The average molecular weight is 460 g/mol. The van der Waals surface area contributed by atoms with Crippen LogP contribution in [0.15, 0.2) is 54.7 Å². The number of methoxy groups -OCH3 is 3. The van der Waals surface area contributed by atoms with Crippen molar-refractivity contribution in [1.29, 1.82) is 0 Å². The summed E-state index contributed by atoms with van der Waals surface area (Å²) in [5.74, 6) is 1.48. The Labute approximate surface area is 191 Å². The van der Waals surface area contributed by atoms with Crippen molar-refractivity contribution in [3.63, 3.8) is 0 Å². The Morgan fingerprint density at radius 1 is 0.879 bits per heavy atom. The number of aryl methyl sites for hydroxylation is 1. The Hall–Kier alpha value is -3.13. The van der Waals surface area contributed by atoms with Gasteiger partial charge in [-0.05, 0) is 42.3 Å². The van der Waals surface area contributed by atoms with Crippen molar-refractivity contribution >= 4 is 0 Å². The molecule has 0 saturated heterocycles. The lowest BCUT2D eigenvalue weighted by atomic mass is 9.98. The second-order valence-corrected chi connectivity index (χ2v) is 7.93. The summed E-state index contributed by atoms with van der Waals surface area (Å²) < 4.78 is 60.1. The number of hydrogen-bond donors (Lipinski definition) is 0. The Bertz CT molecular complexity index is 1110. The van der Waals surface area contributed by atoms with E-state index in [1.165, 1.54) is 13.2 Å². The minimum Gasteiger partial charge on any atom is -0.493 e. The van der Waals surface area contributed by atoms with Crippen molar-refractivity contribution in [1.82, 2.24) is 9.47 Å². The van der Waals surface area contributed by atoms with E-state index in [0.29, 0.717) is 23.8 Å². The van der Waals surface area contributed by atoms with Crippen LogP contribution in [0.25, 0.3) is 0 Å². The van der Waals surface area contributed by atoms with Crippen LogP contribution in [0.5, 0.6) is 17.2 Å². The maximum absolute atomic E-state index is 13.7. The molecule has 0 fully saturated rings. The van der Waals surface area contributed by atoms with Gasteiger partial charge in [-0.15, -0.1) is 0 Å². The van der Waals surface area contributed by atoms with E-state index in [1.54, 1.807) is 32.4 Å². The number of aromatic nitrogens is 1. The summed E-state index contributed by atoms with van der Waals surface area (Å²) in [4.78, 5) is 2.08. The van der Waals surface area contributed by atoms with Crippen molar-refractivity contribution in [2.75, 3.05) is 27.9 Å². The average Bonchev–Trinajstić information content (AvgIpc) is 3.19. The van der Waals surface area contributed by atoms with Gasteiger partial charge in [0.05, 0.1) is 32.9 Å². The SMILES string of the molecule is COc1ccc(C2c3cccn3CCCN2Cc2ccccc2C(F)(F)F)c(OC)c1OC. The number of rotatable bonds is 6. The van der Waals surface area contributed by atoms with Crippen molar-refractivity contribution in [2.24, 2.45) is 0 Å². The summed E-state index contributed by atoms with van der Waals surface area (Å²) in [6.45, 7) is 1.55. The summed E-state index contributed by atoms with van der Waals surface area (Å²) >= 11 is 0. The predicted molar refractivity (Wildman–Crippen MR) is 119 cm³/mol. The molecule has 8 heteroatoms. The molecular weight excluding hydrogens is 433 g/mol. The van der Waals surface area contributed by atoms with Crippen LogP contribution in [0.2, 0.25) is 0 Å². The van der Waals surface area contributed by atoms with Gasteiger partial charge in [-0.3, -0.25) is 4.90 Å². The summed E-state index contributed by atoms with van der Waals surface area (Å²) in [6, 6.07) is 13.1. The highest BCUT2D eigenvalue weighted by molar-refractivity contribution is 5.58. The van der Waals surface area contributed by atoms with E-state index in [1.807, 2.05) is 24.4 Å². The van der Waals surface area contributed by atoms with E-state index in [0.717, 1.165) is 30.3 Å². The van der Waals surface area contributed by atoms with Gasteiger partial charge in [0.1, 0.15) is 0 Å². The molecule has 0 bridgehead atoms. The zero-order valence-electron chi connectivity index (χ0n) is 18.9. The first-order valence-electron chi connectivity index (χ1n) is 10.7. The molecule has 0 amide bonds. The number of hydrogen-bond acceptors (Lipinski definition) is 4. The van der Waals surface area contributed by atoms with E-state index in [-0.39, 0.29) is 18.2 Å². The van der Waals surface area contributed by atoms with Gasteiger partial charge in [-0.2, -0.15) is 13.2 Å². The molecule has 0 spiro atoms. The molecule has 0 radical (unpaired) electrons. The highest BCUT2D eigenvalue weighted by Gasteiger charge is 2.36. The maximum atomic E-state index is 13.7. The predicted octanol–water partition coefficient (Wildman–Crippen LogP) is 5.53. The zero-order chi connectivity index (χ0) is 23.6. The molecule has 0 N–H and O–H groups in total. The van der Waals surface area contributed by atoms with Crippen molar-refractivity contribution in [2.45, 2.75) is 31.7 Å². The maximum Gasteiger partial charge on any atom is 0.416 e. The molecule has 4 rings (SSSR count). The van der Waals surface area contributed by atoms with Crippen molar-refractivity contribution < 1.29 is 27.4 Å². The third-order valence-electron chi connectivity index (χ3n) is 6.08. The standard InChI is InChI=1S/C25H27F3N2O3/c1-31-21-12-11-18(23(32-2)24(21)33-3)22-20-10-6-13-29(20)14-7-15-30(22)16-17-8-4-5-9-19(17)25(26,27)28/h4-6,8-13,22H,7,14-16H2,1-3H3. The fourth-order valence-corrected chi connectivity index (χ4v) is 4.66. The Kier molecular flexibility index (Phi) is 6.56. The molecular formula is C25H27F3N2O3. The van der Waals surface area contributed by atoms with E-state index < -0.39 is 11.7 Å². The lowest BCUT2D eigenvalue weighted by Gasteiger charge is -2.32. The van der Waals surface area contributed by atoms with E-state index >= 15 is 0 Å². The molecule has 176 valence electrons. The monoisotopic (exact) mass is 460 g/mol. The molecule has 33 heavy (non-hydrogen) atoms. The first kappa shape index (κ1) is 23.0. The molecule has 1 unspecified atom stereocenters. The minimum absolute atomic E-state index is 0.142. The fourth-order valence-electron chi connectivity index (χ4n) is 4.66. The van der Waals surface area contributed by atoms with Gasteiger partial charge in [0.15, 0.2) is 11.5 Å². The van der Waals surface area contributed by atoms with Gasteiger partial charge >= 0.3 is 6.18 Å². The minimum atomic E-state index is -4.42. The van der Waals surface area contributed by atoms with Crippen LogP contribution in [0, 0.1) is 0 Å². The van der Waals surface area contributed by atoms with Crippen LogP contribution in [0.4, 0.5) is 13.2 Å². The van der Waals surface area contributed by atoms with Crippen molar-refractivity contribution in [3.8, 4) is 17.2 Å². The molecule has 1 aliphatic rings. The summed E-state index contributed by atoms with van der Waals surface area (Å²) in [5.41, 5.74) is 1.43. The first-order chi connectivity index (χ1) is 15.9. The van der Waals surface area contributed by atoms with Crippen LogP contribution in [0.1, 0.15) is 34.8 Å². The Morgan fingerprint density at radius 2 is 1.64 bits per heavy atom. The van der Waals surface area contributed by atoms with Gasteiger partial charge in [0.2, 0.25) is 5.75 Å². The van der Waals surface area contributed by atoms with Gasteiger partial charge in [-0.1, -0.05) is 18.2 Å². The third-order valence-corrected chi connectivity index (χ3v) is 6.08. The smallest absolute Gasteiger partial charge is 0.416 e. The number of ether oxygens (including phenoxy) is 3. The molecule has 1 aromatic heterocycles. The van der Waals surface area contributed by atoms with Gasteiger partial charge in [-0.25, -0.2) is 0 Å². The second kappa shape index (κ2) is 9.39. The molecule has 0 aliphatic carbocycles. The number of nitrogens with zero attached hydrogens (tertiary/aromatic N) is 2. The van der Waals surface area contributed by atoms with Crippen molar-refractivity contribution in [3.05, 3.63) is 77.1 Å². The van der Waals surface area contributed by atoms with E-state index in [4.69, 9.17) is 14.2 Å². The lowest BCUT2D eigenvalue weighted by Crippen LogP contribution is -2.30. The molecule has 0 saturated carbocycles. The zero-order valence-corrected chi connectivity index (χ0v) is 18.9. The Balaban J connectivity index is 1.86. The van der Waals surface area contributed by atoms with E-state index in [9.17, 15) is 13.2 Å². The molecule has 1 aliphatic heterocycles. The quantitative estimate of drug-likeness (QED) is 0.485. The van der Waals surface area contributed by atoms with Gasteiger partial charge < -0.3 is 18.8 Å².